The largest absolute Gasteiger partial charge is 0.493 e. The highest BCUT2D eigenvalue weighted by Crippen LogP contribution is 2.49. The first-order valence-corrected chi connectivity index (χ1v) is 36.9. The number of ether oxygens (including phenoxy) is 9. The summed E-state index contributed by atoms with van der Waals surface area (Å²) in [5.74, 6) is -1.32. The van der Waals surface area contributed by atoms with Gasteiger partial charge in [-0.05, 0) is 130 Å². The molecule has 0 bridgehead atoms. The number of aliphatic hydroxyl groups excluding tert-OH is 3. The lowest BCUT2D eigenvalue weighted by Crippen LogP contribution is -2.66. The third-order valence-electron chi connectivity index (χ3n) is 19.9. The van der Waals surface area contributed by atoms with Gasteiger partial charge >= 0.3 is 0 Å². The van der Waals surface area contributed by atoms with Gasteiger partial charge < -0.3 is 66.8 Å². The molecule has 507 valence electrons. The molecule has 0 spiro atoms. The summed E-state index contributed by atoms with van der Waals surface area (Å²) in [6.45, 7) is 21.5. The highest BCUT2D eigenvalue weighted by Gasteiger charge is 2.61. The second kappa shape index (κ2) is 30.8. The fourth-order valence-corrected chi connectivity index (χ4v) is 14.3. The Hall–Kier alpha value is -5.33. The Balaban J connectivity index is 0.000000229. The minimum Gasteiger partial charge on any atom is -0.493 e. The van der Waals surface area contributed by atoms with Crippen molar-refractivity contribution in [3.05, 3.63) is 235 Å². The summed E-state index contributed by atoms with van der Waals surface area (Å²) in [7, 11) is 4.40. The fraction of sp³-hybridized carbons (Fsp3) is 0.455. The van der Waals surface area contributed by atoms with Crippen molar-refractivity contribution in [2.75, 3.05) is 34.0 Å². The smallest absolute Gasteiger partial charge is 0.247 e. The van der Waals surface area contributed by atoms with Crippen LogP contribution in [0.3, 0.4) is 0 Å². The number of aliphatic hydroxyl groups is 3. The van der Waals surface area contributed by atoms with Gasteiger partial charge in [0.25, 0.3) is 0 Å². The van der Waals surface area contributed by atoms with Crippen molar-refractivity contribution >= 4 is 42.0 Å². The number of hydrogen-bond acceptors (Lipinski definition) is 14. The first kappa shape index (κ1) is 72.4. The Morgan fingerprint density at radius 1 is 0.537 bits per heavy atom. The monoisotopic (exact) mass is 1370 g/mol. The maximum absolute atomic E-state index is 11.1. The molecule has 4 aliphatic heterocycles. The molecule has 3 N–H and O–H groups in total. The van der Waals surface area contributed by atoms with Gasteiger partial charge in [0, 0.05) is 54.7 Å². The van der Waals surface area contributed by atoms with Crippen LogP contribution in [0.5, 0.6) is 11.5 Å². The Bertz CT molecular complexity index is 3650. The topological polar surface area (TPSA) is 162 Å². The molecule has 0 aliphatic carbocycles. The third kappa shape index (κ3) is 16.4. The predicted octanol–water partition coefficient (Wildman–Crippen LogP) is 14.3. The number of hydrogen-bond donors (Lipinski definition) is 3. The molecule has 2 saturated heterocycles. The van der Waals surface area contributed by atoms with Crippen LogP contribution in [0.1, 0.15) is 116 Å². The first-order chi connectivity index (χ1) is 45.3. The van der Waals surface area contributed by atoms with Crippen molar-refractivity contribution < 1.29 is 66.8 Å². The molecule has 14 nitrogen and oxygen atoms in total. The van der Waals surface area contributed by atoms with E-state index in [9.17, 15) is 15.3 Å². The predicted molar refractivity (Wildman–Crippen MR) is 372 cm³/mol. The average Bonchev–Trinajstić information content (AvgIpc) is 1.33. The van der Waals surface area contributed by atoms with Gasteiger partial charge in [-0.15, -0.1) is 0 Å². The third-order valence-corrected chi connectivity index (χ3v) is 25.6. The van der Waals surface area contributed by atoms with Crippen LogP contribution in [-0.4, -0.2) is 123 Å². The number of benzene rings is 7. The summed E-state index contributed by atoms with van der Waals surface area (Å²) in [5.41, 5.74) is 9.64. The van der Waals surface area contributed by atoms with E-state index in [-0.39, 0.29) is 23.7 Å². The summed E-state index contributed by atoms with van der Waals surface area (Å²) in [5, 5.41) is 33.9. The molecule has 1 unspecified atom stereocenters. The summed E-state index contributed by atoms with van der Waals surface area (Å²) < 4.78 is 71.4. The van der Waals surface area contributed by atoms with E-state index in [1.54, 1.807) is 19.2 Å². The van der Waals surface area contributed by atoms with Crippen LogP contribution in [0.2, 0.25) is 28.2 Å². The molecule has 0 amide bonds. The first-order valence-electron chi connectivity index (χ1n) is 32.8. The zero-order valence-corrected chi connectivity index (χ0v) is 60.1. The van der Waals surface area contributed by atoms with E-state index in [2.05, 4.69) is 127 Å². The van der Waals surface area contributed by atoms with Gasteiger partial charge in [-0.2, -0.15) is 0 Å². The van der Waals surface area contributed by atoms with E-state index in [4.69, 9.17) is 74.7 Å². The minimum absolute atomic E-state index is 0.0438. The van der Waals surface area contributed by atoms with Crippen LogP contribution < -0.4 is 9.47 Å². The lowest BCUT2D eigenvalue weighted by atomic mass is 9.72. The van der Waals surface area contributed by atoms with Gasteiger partial charge in [0.05, 0.1) is 51.3 Å². The molecule has 11 rings (SSSR count). The maximum Gasteiger partial charge on any atom is 0.247 e. The van der Waals surface area contributed by atoms with Crippen LogP contribution in [0.4, 0.5) is 0 Å². The maximum atomic E-state index is 11.1. The lowest BCUT2D eigenvalue weighted by Gasteiger charge is -2.54. The number of methoxy groups -OCH3 is 2. The van der Waals surface area contributed by atoms with Gasteiger partial charge in [0.2, 0.25) is 22.1 Å². The van der Waals surface area contributed by atoms with Crippen LogP contribution in [0, 0.1) is 5.41 Å². The summed E-state index contributed by atoms with van der Waals surface area (Å²) in [6, 6.07) is 54.2. The molecule has 7 aromatic rings. The van der Waals surface area contributed by atoms with Gasteiger partial charge in [-0.1, -0.05) is 192 Å². The zero-order chi connectivity index (χ0) is 67.9. The van der Waals surface area contributed by atoms with E-state index < -0.39 is 74.3 Å². The van der Waals surface area contributed by atoms with Crippen molar-refractivity contribution in [1.82, 2.24) is 0 Å². The second-order valence-corrected chi connectivity index (χ2v) is 34.0. The van der Waals surface area contributed by atoms with Crippen molar-refractivity contribution in [3.8, 4) is 11.5 Å². The molecule has 7 aromatic carbocycles. The fourth-order valence-electron chi connectivity index (χ4n) is 12.6. The quantitative estimate of drug-likeness (QED) is 0.0519. The SMILES string of the molecule is CO[C@@]1(c2ccc(Cl)c(Cc3ccc4c(c3)CCO4)c2)O[C@H](CC(C)(O[Si])C(C)(C)C)[C@@H](OCc2ccccc2)[C@H](OCc2ccccc2)[C@H]1OCc1ccccc1.CO[C@@]1(c2ccc(Cl)c(Cc3ccc4c(c3)CCO4)c2)O[C@H](CO[Si](C)(C)C(C)(C)C)[C@@H](O)[C@H](O)[C@H]1O. The molecule has 95 heavy (non-hydrogen) atoms. The number of fused-ring (bicyclic) bond motifs is 2. The molecule has 4 aliphatic rings. The molecular weight excluding hydrogens is 1280 g/mol. The van der Waals surface area contributed by atoms with E-state index >= 15 is 0 Å². The van der Waals surface area contributed by atoms with E-state index in [1.165, 1.54) is 18.2 Å². The second-order valence-electron chi connectivity index (χ2n) is 28.1. The summed E-state index contributed by atoms with van der Waals surface area (Å²) in [6.07, 6.45) is -4.64. The lowest BCUT2D eigenvalue weighted by molar-refractivity contribution is -0.386. The number of rotatable bonds is 23. The molecule has 3 radical (unpaired) electrons. The van der Waals surface area contributed by atoms with Gasteiger partial charge in [0.15, 0.2) is 8.32 Å². The molecular formula is C77H93Cl2O14Si2. The Morgan fingerprint density at radius 2 is 0.989 bits per heavy atom. The van der Waals surface area contributed by atoms with Crippen molar-refractivity contribution in [1.29, 1.82) is 0 Å². The van der Waals surface area contributed by atoms with E-state index in [0.29, 0.717) is 61.3 Å². The van der Waals surface area contributed by atoms with E-state index in [0.717, 1.165) is 68.8 Å². The molecule has 0 saturated carbocycles. The highest BCUT2D eigenvalue weighted by molar-refractivity contribution is 6.74. The molecule has 18 heteroatoms. The number of halogens is 2. The Kier molecular flexibility index (Phi) is 23.5. The van der Waals surface area contributed by atoms with Crippen LogP contribution in [-0.2, 0) is 99.1 Å². The van der Waals surface area contributed by atoms with Crippen LogP contribution >= 0.6 is 23.2 Å². The van der Waals surface area contributed by atoms with Gasteiger partial charge in [0.1, 0.15) is 54.2 Å². The van der Waals surface area contributed by atoms with Crippen LogP contribution in [0.15, 0.2) is 164 Å². The zero-order valence-electron chi connectivity index (χ0n) is 56.6. The average molecular weight is 1370 g/mol. The normalized spacial score (nSPS) is 24.9. The Morgan fingerprint density at radius 3 is 1.44 bits per heavy atom. The minimum atomic E-state index is -2.16. The molecule has 0 aromatic heterocycles. The molecule has 2 fully saturated rings. The van der Waals surface area contributed by atoms with Gasteiger partial charge in [-0.3, -0.25) is 0 Å². The van der Waals surface area contributed by atoms with Crippen molar-refractivity contribution in [2.45, 2.75) is 185 Å². The van der Waals surface area contributed by atoms with E-state index in [1.807, 2.05) is 97.1 Å². The highest BCUT2D eigenvalue weighted by atomic mass is 35.5. The summed E-state index contributed by atoms with van der Waals surface area (Å²) in [4.78, 5) is 0. The Labute approximate surface area is 576 Å². The van der Waals surface area contributed by atoms with Crippen molar-refractivity contribution in [2.24, 2.45) is 5.41 Å². The molecule has 4 heterocycles. The van der Waals surface area contributed by atoms with Crippen LogP contribution in [0.25, 0.3) is 0 Å². The standard InChI is InChI=1S/C49H54ClO7Si.C28H39ClO7Si/c1-47(2,3)48(4,57-58)30-43-44(53-31-34-15-9-6-10-16-34)45(54-32-35-17-11-7-12-18-35)46(55-33-36-19-13-8-14-20-36)49(51-5,56-43)40-22-23-41(50)39(29-40)28-37-21-24-42-38(27-37)25-26-52-42;1-27(2,3)37(5,6)35-16-23-24(30)25(31)26(32)28(33-4,36-23)20-8-9-21(29)19(15-20)14-17-7-10-22-18(13-17)11-12-34-22/h6-24,27,29,43-46H,25-26,28,30-33H2,1-5H3;7-10,13,15,23-26,30-32H,11-12,14,16H2,1-6H3/t43-,44-,45+,46-,48?,49+;23-,24-,25+,26-,28+/m11/s1. The summed E-state index contributed by atoms with van der Waals surface area (Å²) >= 11 is 13.6. The molecule has 11 atom stereocenters. The van der Waals surface area contributed by atoms with Gasteiger partial charge in [-0.25, -0.2) is 0 Å². The van der Waals surface area contributed by atoms with Crippen molar-refractivity contribution in [3.63, 3.8) is 0 Å².